The summed E-state index contributed by atoms with van der Waals surface area (Å²) in [5, 5.41) is 0. The van der Waals surface area contributed by atoms with Gasteiger partial charge in [-0.3, -0.25) is 0 Å². The molecule has 0 nitrogen and oxygen atoms in total. The standard InChI is InChI=1S/C12H24BClSi/c1-15(2,14)10-9-13-11-5-3-6-12(13)8-4-7-11/h11-12H,3-10H2,1-2H3. The van der Waals surface area contributed by atoms with Crippen molar-refractivity contribution in [3.8, 4) is 0 Å². The van der Waals surface area contributed by atoms with E-state index in [2.05, 4.69) is 13.1 Å². The number of fused-ring (bicyclic) bond motifs is 2. The van der Waals surface area contributed by atoms with Gasteiger partial charge in [-0.05, 0) is 0 Å². The predicted octanol–water partition coefficient (Wildman–Crippen LogP) is 5.03. The molecule has 0 spiro atoms. The third-order valence-electron chi connectivity index (χ3n) is 4.58. The van der Waals surface area contributed by atoms with Gasteiger partial charge in [0.1, 0.15) is 14.1 Å². The highest BCUT2D eigenvalue weighted by atomic mass is 35.6. The van der Waals surface area contributed by atoms with Crippen LogP contribution in [0.4, 0.5) is 0 Å². The van der Waals surface area contributed by atoms with Gasteiger partial charge < -0.3 is 0 Å². The summed E-state index contributed by atoms with van der Waals surface area (Å²) in [4.78, 5) is 0. The molecule has 3 heteroatoms. The van der Waals surface area contributed by atoms with Crippen LogP contribution in [0.1, 0.15) is 38.5 Å². The Hall–Kier alpha value is 0.572. The van der Waals surface area contributed by atoms with Crippen molar-refractivity contribution in [2.24, 2.45) is 0 Å². The molecular formula is C12H24BClSi. The second-order valence-electron chi connectivity index (χ2n) is 6.30. The molecule has 2 saturated heterocycles. The number of halogens is 1. The molecule has 0 amide bonds. The van der Waals surface area contributed by atoms with Gasteiger partial charge in [0.25, 0.3) is 0 Å². The topological polar surface area (TPSA) is 0 Å². The zero-order valence-electron chi connectivity index (χ0n) is 10.3. The van der Waals surface area contributed by atoms with Crippen molar-refractivity contribution >= 4 is 25.2 Å². The van der Waals surface area contributed by atoms with Crippen molar-refractivity contribution in [2.75, 3.05) is 0 Å². The molecule has 0 aromatic rings. The first kappa shape index (κ1) is 12.0. The van der Waals surface area contributed by atoms with E-state index in [0.717, 1.165) is 18.3 Å². The summed E-state index contributed by atoms with van der Waals surface area (Å²) in [6.45, 7) is 5.65. The Morgan fingerprint density at radius 1 is 1.07 bits per heavy atom. The Morgan fingerprint density at radius 3 is 1.93 bits per heavy atom. The summed E-state index contributed by atoms with van der Waals surface area (Å²) in [5.74, 6) is 2.15. The average molecular weight is 243 g/mol. The number of hydrogen-bond acceptors (Lipinski definition) is 0. The molecule has 0 atom stereocenters. The van der Waals surface area contributed by atoms with Gasteiger partial charge in [0.05, 0.1) is 0 Å². The Balaban J connectivity index is 1.89. The smallest absolute Gasteiger partial charge is 0.149 e. The molecule has 0 unspecified atom stereocenters. The minimum absolute atomic E-state index is 1.05. The van der Waals surface area contributed by atoms with Crippen molar-refractivity contribution in [3.05, 3.63) is 0 Å². The van der Waals surface area contributed by atoms with Gasteiger partial charge in [0, 0.05) is 0 Å². The number of hydrogen-bond donors (Lipinski definition) is 0. The van der Waals surface area contributed by atoms with Gasteiger partial charge in [0.2, 0.25) is 0 Å². The van der Waals surface area contributed by atoms with E-state index in [-0.39, 0.29) is 0 Å². The van der Waals surface area contributed by atoms with Crippen LogP contribution in [0.3, 0.4) is 0 Å². The Kier molecular flexibility index (Phi) is 3.88. The summed E-state index contributed by atoms with van der Waals surface area (Å²) in [6, 6.07) is 1.34. The van der Waals surface area contributed by atoms with Crippen LogP contribution < -0.4 is 0 Å². The van der Waals surface area contributed by atoms with Crippen LogP contribution in [-0.4, -0.2) is 14.1 Å². The summed E-state index contributed by atoms with van der Waals surface area (Å²) in [6.07, 6.45) is 10.5. The molecule has 0 radical (unpaired) electrons. The normalized spacial score (nSPS) is 31.8. The van der Waals surface area contributed by atoms with Gasteiger partial charge in [0.15, 0.2) is 0 Å². The Bertz CT molecular complexity index is 192. The monoisotopic (exact) mass is 242 g/mol. The van der Waals surface area contributed by atoms with Crippen LogP contribution in [0.2, 0.25) is 37.1 Å². The minimum Gasteiger partial charge on any atom is -0.168 e. The van der Waals surface area contributed by atoms with E-state index in [1.807, 2.05) is 0 Å². The molecule has 2 fully saturated rings. The largest absolute Gasteiger partial charge is 0.168 e. The highest BCUT2D eigenvalue weighted by Crippen LogP contribution is 2.48. The van der Waals surface area contributed by atoms with Crippen molar-refractivity contribution in [1.82, 2.24) is 0 Å². The zero-order valence-corrected chi connectivity index (χ0v) is 12.0. The van der Waals surface area contributed by atoms with Crippen molar-refractivity contribution in [3.63, 3.8) is 0 Å². The molecule has 2 aliphatic rings. The minimum atomic E-state index is -1.32. The van der Waals surface area contributed by atoms with Gasteiger partial charge in [-0.2, -0.15) is 11.1 Å². The second-order valence-corrected chi connectivity index (χ2v) is 13.3. The highest BCUT2D eigenvalue weighted by molar-refractivity contribution is 7.19. The third kappa shape index (κ3) is 3.26. The Labute approximate surface area is 101 Å². The maximum absolute atomic E-state index is 6.45. The summed E-state index contributed by atoms with van der Waals surface area (Å²) < 4.78 is 0. The van der Waals surface area contributed by atoms with E-state index in [0.29, 0.717) is 0 Å². The molecule has 0 saturated carbocycles. The first-order valence-electron chi connectivity index (χ1n) is 6.75. The molecular weight excluding hydrogens is 218 g/mol. The quantitative estimate of drug-likeness (QED) is 0.481. The zero-order chi connectivity index (χ0) is 10.9. The van der Waals surface area contributed by atoms with Crippen molar-refractivity contribution in [2.45, 2.75) is 75.6 Å². The van der Waals surface area contributed by atoms with Gasteiger partial charge >= 0.3 is 0 Å². The maximum Gasteiger partial charge on any atom is 0.149 e. The van der Waals surface area contributed by atoms with Crippen LogP contribution in [0.25, 0.3) is 0 Å². The molecule has 0 aromatic heterocycles. The average Bonchev–Trinajstić information content (AvgIpc) is 2.12. The lowest BCUT2D eigenvalue weighted by Crippen LogP contribution is -2.35. The molecule has 2 heterocycles. The molecule has 2 bridgehead atoms. The van der Waals surface area contributed by atoms with E-state index in [4.69, 9.17) is 11.1 Å². The molecule has 86 valence electrons. The fourth-order valence-electron chi connectivity index (χ4n) is 3.80. The molecule has 2 aliphatic heterocycles. The summed E-state index contributed by atoms with van der Waals surface area (Å²) >= 11 is 6.45. The maximum atomic E-state index is 6.45. The van der Waals surface area contributed by atoms with Gasteiger partial charge in [-0.1, -0.05) is 75.6 Å². The van der Waals surface area contributed by atoms with Gasteiger partial charge in [-0.15, -0.1) is 0 Å². The lowest BCUT2D eigenvalue weighted by atomic mass is 9.26. The van der Waals surface area contributed by atoms with E-state index in [9.17, 15) is 0 Å². The van der Waals surface area contributed by atoms with Crippen molar-refractivity contribution in [1.29, 1.82) is 0 Å². The molecule has 0 aromatic carbocycles. The van der Waals surface area contributed by atoms with Crippen LogP contribution in [0, 0.1) is 0 Å². The predicted molar refractivity (Wildman–Crippen MR) is 73.9 cm³/mol. The first-order valence-corrected chi connectivity index (χ1v) is 11.0. The SMILES string of the molecule is C[Si](C)(Cl)CCB1C2CCCC1CCC2. The highest BCUT2D eigenvalue weighted by Gasteiger charge is 2.39. The van der Waals surface area contributed by atoms with E-state index >= 15 is 0 Å². The van der Waals surface area contributed by atoms with Gasteiger partial charge in [-0.25, -0.2) is 0 Å². The fourth-order valence-corrected chi connectivity index (χ4v) is 5.14. The van der Waals surface area contributed by atoms with Crippen LogP contribution in [0.5, 0.6) is 0 Å². The van der Waals surface area contributed by atoms with Crippen LogP contribution >= 0.6 is 11.1 Å². The third-order valence-corrected chi connectivity index (χ3v) is 6.63. The second kappa shape index (κ2) is 4.83. The van der Waals surface area contributed by atoms with E-state index in [1.54, 1.807) is 0 Å². The molecule has 15 heavy (non-hydrogen) atoms. The lowest BCUT2D eigenvalue weighted by molar-refractivity contribution is 0.442. The van der Waals surface area contributed by atoms with E-state index < -0.39 is 7.38 Å². The molecule has 0 aliphatic carbocycles. The lowest BCUT2D eigenvalue weighted by Gasteiger charge is -2.41. The van der Waals surface area contributed by atoms with E-state index in [1.165, 1.54) is 50.9 Å². The Morgan fingerprint density at radius 2 is 1.53 bits per heavy atom. The van der Waals surface area contributed by atoms with Crippen LogP contribution in [-0.2, 0) is 0 Å². The fraction of sp³-hybridized carbons (Fsp3) is 1.00. The molecule has 0 N–H and O–H groups in total. The summed E-state index contributed by atoms with van der Waals surface area (Å²) in [7, 11) is -1.32. The van der Waals surface area contributed by atoms with Crippen LogP contribution in [0.15, 0.2) is 0 Å². The molecule has 2 rings (SSSR count). The van der Waals surface area contributed by atoms with Crippen molar-refractivity contribution < 1.29 is 0 Å². The first-order chi connectivity index (χ1) is 7.06. The summed E-state index contributed by atoms with van der Waals surface area (Å²) in [5.41, 5.74) is 0. The number of rotatable bonds is 3.